The molecular formula is C18H22F4N2O2. The summed E-state index contributed by atoms with van der Waals surface area (Å²) in [6, 6.07) is 6.50. The number of halogens is 4. The Bertz CT molecular complexity index is 649. The Morgan fingerprint density at radius 2 is 1.92 bits per heavy atom. The first-order valence-electron chi connectivity index (χ1n) is 8.66. The van der Waals surface area contributed by atoms with Gasteiger partial charge in [0.1, 0.15) is 5.82 Å². The van der Waals surface area contributed by atoms with Crippen molar-refractivity contribution >= 4 is 6.09 Å². The number of alkyl halides is 3. The van der Waals surface area contributed by atoms with Gasteiger partial charge in [-0.25, -0.2) is 9.18 Å². The average Bonchev–Trinajstić information content (AvgIpc) is 2.53. The maximum absolute atomic E-state index is 13.2. The summed E-state index contributed by atoms with van der Waals surface area (Å²) >= 11 is 0. The maximum Gasteiger partial charge on any atom is 0.425 e. The minimum absolute atomic E-state index is 0.0970. The van der Waals surface area contributed by atoms with E-state index in [-0.39, 0.29) is 11.2 Å². The number of rotatable bonds is 3. The van der Waals surface area contributed by atoms with Crippen LogP contribution in [0, 0.1) is 11.2 Å². The molecule has 2 heterocycles. The number of carbonyl (C=O) groups is 1. The van der Waals surface area contributed by atoms with Gasteiger partial charge in [-0.3, -0.25) is 4.90 Å². The minimum Gasteiger partial charge on any atom is -0.437 e. The Morgan fingerprint density at radius 3 is 2.50 bits per heavy atom. The highest BCUT2D eigenvalue weighted by molar-refractivity contribution is 5.68. The summed E-state index contributed by atoms with van der Waals surface area (Å²) in [4.78, 5) is 15.4. The molecule has 1 aromatic rings. The van der Waals surface area contributed by atoms with Crippen LogP contribution in [0.1, 0.15) is 25.3 Å². The normalized spacial score (nSPS) is 21.3. The van der Waals surface area contributed by atoms with Crippen molar-refractivity contribution in [2.45, 2.75) is 38.6 Å². The van der Waals surface area contributed by atoms with Crippen LogP contribution in [0.15, 0.2) is 24.3 Å². The zero-order chi connectivity index (χ0) is 18.9. The van der Waals surface area contributed by atoms with Crippen LogP contribution in [0.25, 0.3) is 0 Å². The molecule has 2 saturated heterocycles. The van der Waals surface area contributed by atoms with Crippen molar-refractivity contribution in [3.05, 3.63) is 35.6 Å². The largest absolute Gasteiger partial charge is 0.437 e. The van der Waals surface area contributed by atoms with Crippen LogP contribution < -0.4 is 0 Å². The molecular weight excluding hydrogens is 352 g/mol. The zero-order valence-electron chi connectivity index (χ0n) is 14.6. The minimum atomic E-state index is -4.54. The van der Waals surface area contributed by atoms with E-state index < -0.39 is 18.4 Å². The first kappa shape index (κ1) is 18.9. The van der Waals surface area contributed by atoms with Crippen LogP contribution in [-0.2, 0) is 11.3 Å². The standard InChI is InChI=1S/C18H22F4N2O2/c1-13(18(20,21)22)26-16(25)24-7-5-17(6-8-24)11-23(12-17)10-14-3-2-4-15(19)9-14/h2-4,9,13H,5-8,10-12H2,1H3. The van der Waals surface area contributed by atoms with Gasteiger partial charge in [-0.2, -0.15) is 13.2 Å². The molecule has 2 aliphatic rings. The highest BCUT2D eigenvalue weighted by atomic mass is 19.4. The SMILES string of the molecule is CC(OC(=O)N1CCC2(CC1)CN(Cc1cccc(F)c1)C2)C(F)(F)F. The third-order valence-corrected chi connectivity index (χ3v) is 5.23. The average molecular weight is 374 g/mol. The fourth-order valence-electron chi connectivity index (χ4n) is 3.68. The lowest BCUT2D eigenvalue weighted by molar-refractivity contribution is -0.200. The lowest BCUT2D eigenvalue weighted by Crippen LogP contribution is -2.60. The van der Waals surface area contributed by atoms with Gasteiger partial charge in [-0.15, -0.1) is 0 Å². The van der Waals surface area contributed by atoms with E-state index in [9.17, 15) is 22.4 Å². The van der Waals surface area contributed by atoms with Gasteiger partial charge in [0.25, 0.3) is 0 Å². The third kappa shape index (κ3) is 4.28. The molecule has 4 nitrogen and oxygen atoms in total. The molecule has 2 fully saturated rings. The predicted molar refractivity (Wildman–Crippen MR) is 86.9 cm³/mol. The fraction of sp³-hybridized carbons (Fsp3) is 0.611. The summed E-state index contributed by atoms with van der Waals surface area (Å²) < 4.78 is 55.2. The Balaban J connectivity index is 1.44. The number of likely N-dealkylation sites (tertiary alicyclic amines) is 2. The van der Waals surface area contributed by atoms with E-state index >= 15 is 0 Å². The van der Waals surface area contributed by atoms with Crippen molar-refractivity contribution in [2.24, 2.45) is 5.41 Å². The number of piperidine rings is 1. The molecule has 1 aromatic carbocycles. The van der Waals surface area contributed by atoms with Crippen molar-refractivity contribution < 1.29 is 27.1 Å². The van der Waals surface area contributed by atoms with Crippen LogP contribution in [-0.4, -0.2) is 54.4 Å². The van der Waals surface area contributed by atoms with Crippen molar-refractivity contribution in [2.75, 3.05) is 26.2 Å². The Kier molecular flexibility index (Phi) is 5.14. The van der Waals surface area contributed by atoms with Crippen molar-refractivity contribution in [3.8, 4) is 0 Å². The predicted octanol–water partition coefficient (Wildman–Crippen LogP) is 3.81. The van der Waals surface area contributed by atoms with Crippen LogP contribution in [0.5, 0.6) is 0 Å². The van der Waals surface area contributed by atoms with Gasteiger partial charge in [0.15, 0.2) is 6.10 Å². The highest BCUT2D eigenvalue weighted by Crippen LogP contribution is 2.41. The second-order valence-corrected chi connectivity index (χ2v) is 7.33. The summed E-state index contributed by atoms with van der Waals surface area (Å²) in [6.07, 6.45) is -6.07. The van der Waals surface area contributed by atoms with Gasteiger partial charge in [0.05, 0.1) is 0 Å². The summed E-state index contributed by atoms with van der Waals surface area (Å²) in [5.74, 6) is -0.252. The number of hydrogen-bond acceptors (Lipinski definition) is 3. The Hall–Kier alpha value is -1.83. The summed E-state index contributed by atoms with van der Waals surface area (Å²) in [5, 5.41) is 0. The Labute approximate surface area is 149 Å². The van der Waals surface area contributed by atoms with Crippen molar-refractivity contribution in [1.82, 2.24) is 9.80 Å². The number of hydrogen-bond donors (Lipinski definition) is 0. The van der Waals surface area contributed by atoms with E-state index in [1.165, 1.54) is 17.0 Å². The van der Waals surface area contributed by atoms with Crippen molar-refractivity contribution in [1.29, 1.82) is 0 Å². The number of benzene rings is 1. The molecule has 144 valence electrons. The van der Waals surface area contributed by atoms with Crippen molar-refractivity contribution in [3.63, 3.8) is 0 Å². The van der Waals surface area contributed by atoms with Crippen LogP contribution in [0.3, 0.4) is 0 Å². The monoisotopic (exact) mass is 374 g/mol. The molecule has 2 aliphatic heterocycles. The van der Waals surface area contributed by atoms with Gasteiger partial charge in [-0.1, -0.05) is 12.1 Å². The molecule has 0 N–H and O–H groups in total. The van der Waals surface area contributed by atoms with E-state index in [1.54, 1.807) is 6.07 Å². The maximum atomic E-state index is 13.2. The van der Waals surface area contributed by atoms with Gasteiger partial charge in [0, 0.05) is 32.7 Å². The quantitative estimate of drug-likeness (QED) is 0.755. The molecule has 8 heteroatoms. The van der Waals surface area contributed by atoms with E-state index in [0.717, 1.165) is 38.4 Å². The molecule has 0 bridgehead atoms. The van der Waals surface area contributed by atoms with E-state index in [1.807, 2.05) is 6.07 Å². The molecule has 0 aromatic heterocycles. The summed E-state index contributed by atoms with van der Waals surface area (Å²) in [7, 11) is 0. The number of ether oxygens (including phenoxy) is 1. The lowest BCUT2D eigenvalue weighted by atomic mass is 9.72. The molecule has 26 heavy (non-hydrogen) atoms. The smallest absolute Gasteiger partial charge is 0.425 e. The fourth-order valence-corrected chi connectivity index (χ4v) is 3.68. The molecule has 0 saturated carbocycles. The molecule has 0 aliphatic carbocycles. The number of nitrogens with zero attached hydrogens (tertiary/aromatic N) is 2. The zero-order valence-corrected chi connectivity index (χ0v) is 14.6. The summed E-state index contributed by atoms with van der Waals surface area (Å²) in [5.41, 5.74) is 1.02. The highest BCUT2D eigenvalue weighted by Gasteiger charge is 2.46. The van der Waals surface area contributed by atoms with Gasteiger partial charge < -0.3 is 9.64 Å². The molecule has 1 spiro atoms. The number of amides is 1. The van der Waals surface area contributed by atoms with E-state index in [0.29, 0.717) is 19.6 Å². The second-order valence-electron chi connectivity index (χ2n) is 7.33. The first-order chi connectivity index (χ1) is 12.2. The topological polar surface area (TPSA) is 32.8 Å². The van der Waals surface area contributed by atoms with Crippen LogP contribution >= 0.6 is 0 Å². The van der Waals surface area contributed by atoms with Gasteiger partial charge in [0.2, 0.25) is 0 Å². The third-order valence-electron chi connectivity index (χ3n) is 5.23. The molecule has 0 radical (unpaired) electrons. The Morgan fingerprint density at radius 1 is 1.27 bits per heavy atom. The molecule has 1 atom stereocenters. The van der Waals surface area contributed by atoms with E-state index in [2.05, 4.69) is 9.64 Å². The first-order valence-corrected chi connectivity index (χ1v) is 8.66. The second kappa shape index (κ2) is 7.06. The summed E-state index contributed by atoms with van der Waals surface area (Å²) in [6.45, 7) is 4.01. The van der Waals surface area contributed by atoms with Gasteiger partial charge >= 0.3 is 12.3 Å². The van der Waals surface area contributed by atoms with E-state index in [4.69, 9.17) is 0 Å². The molecule has 1 amide bonds. The lowest BCUT2D eigenvalue weighted by Gasteiger charge is -2.54. The van der Waals surface area contributed by atoms with Crippen LogP contribution in [0.2, 0.25) is 0 Å². The molecule has 3 rings (SSSR count). The van der Waals surface area contributed by atoms with Gasteiger partial charge in [-0.05, 0) is 42.9 Å². The number of carbonyl (C=O) groups excluding carboxylic acids is 1. The molecule has 1 unspecified atom stereocenters. The van der Waals surface area contributed by atoms with Crippen LogP contribution in [0.4, 0.5) is 22.4 Å².